The molecule has 84 valence electrons. The second-order valence-electron chi connectivity index (χ2n) is 3.97. The number of nitrogens with zero attached hydrogens (tertiary/aromatic N) is 1. The summed E-state index contributed by atoms with van der Waals surface area (Å²) in [5, 5.41) is 3.23. The number of nitrogens with one attached hydrogen (secondary N) is 2. The molecule has 0 amide bonds. The monoisotopic (exact) mass is 209 g/mol. The molecule has 0 atom stereocenters. The van der Waals surface area contributed by atoms with Gasteiger partial charge < -0.3 is 10.3 Å². The van der Waals surface area contributed by atoms with Crippen molar-refractivity contribution in [3.8, 4) is 0 Å². The smallest absolute Gasteiger partial charge is 0.251 e. The van der Waals surface area contributed by atoms with Crippen LogP contribution in [-0.2, 0) is 13.0 Å². The molecule has 0 unspecified atom stereocenters. The highest BCUT2D eigenvalue weighted by Crippen LogP contribution is 1.96. The molecule has 4 heteroatoms. The summed E-state index contributed by atoms with van der Waals surface area (Å²) in [6, 6.07) is 1.97. The molecule has 0 aliphatic carbocycles. The van der Waals surface area contributed by atoms with E-state index >= 15 is 0 Å². The molecular weight excluding hydrogens is 190 g/mol. The molecule has 0 bridgehead atoms. The Hall–Kier alpha value is -1.16. The summed E-state index contributed by atoms with van der Waals surface area (Å²) < 4.78 is 0. The fourth-order valence-electron chi connectivity index (χ4n) is 1.33. The molecule has 0 saturated carbocycles. The predicted molar refractivity (Wildman–Crippen MR) is 60.8 cm³/mol. The normalized spacial score (nSPS) is 10.9. The van der Waals surface area contributed by atoms with Crippen LogP contribution in [0.25, 0.3) is 0 Å². The van der Waals surface area contributed by atoms with E-state index in [2.05, 4.69) is 36.1 Å². The number of rotatable bonds is 5. The average Bonchev–Trinajstić information content (AvgIpc) is 2.14. The lowest BCUT2D eigenvalue weighted by atomic mass is 10.2. The van der Waals surface area contributed by atoms with Crippen LogP contribution in [0.1, 0.15) is 38.7 Å². The number of hydrogen-bond donors (Lipinski definition) is 2. The van der Waals surface area contributed by atoms with E-state index in [1.807, 2.05) is 0 Å². The zero-order valence-electron chi connectivity index (χ0n) is 9.63. The molecule has 15 heavy (non-hydrogen) atoms. The van der Waals surface area contributed by atoms with Gasteiger partial charge in [0.1, 0.15) is 5.82 Å². The molecule has 1 rings (SSSR count). The first-order valence-electron chi connectivity index (χ1n) is 5.44. The van der Waals surface area contributed by atoms with E-state index in [0.29, 0.717) is 12.6 Å². The van der Waals surface area contributed by atoms with Crippen molar-refractivity contribution in [1.29, 1.82) is 0 Å². The Morgan fingerprint density at radius 1 is 1.53 bits per heavy atom. The minimum Gasteiger partial charge on any atom is -0.309 e. The largest absolute Gasteiger partial charge is 0.309 e. The Morgan fingerprint density at radius 3 is 2.87 bits per heavy atom. The van der Waals surface area contributed by atoms with Crippen LogP contribution < -0.4 is 10.9 Å². The van der Waals surface area contributed by atoms with Crippen LogP contribution >= 0.6 is 0 Å². The highest BCUT2D eigenvalue weighted by molar-refractivity contribution is 5.02. The first-order chi connectivity index (χ1) is 7.11. The van der Waals surface area contributed by atoms with Crippen LogP contribution in [0.15, 0.2) is 10.9 Å². The molecule has 4 nitrogen and oxygen atoms in total. The second kappa shape index (κ2) is 5.66. The third-order valence-corrected chi connectivity index (χ3v) is 2.03. The maximum atomic E-state index is 11.3. The number of aromatic nitrogens is 2. The number of aryl methyl sites for hydroxylation is 1. The molecule has 1 aromatic rings. The van der Waals surface area contributed by atoms with Gasteiger partial charge in [-0.2, -0.15) is 0 Å². The summed E-state index contributed by atoms with van der Waals surface area (Å²) in [5.74, 6) is 0.722. The van der Waals surface area contributed by atoms with Crippen LogP contribution in [0.3, 0.4) is 0 Å². The summed E-state index contributed by atoms with van der Waals surface area (Å²) in [4.78, 5) is 18.4. The minimum atomic E-state index is -0.0611. The third-order valence-electron chi connectivity index (χ3n) is 2.03. The molecule has 0 fully saturated rings. The first-order valence-corrected chi connectivity index (χ1v) is 5.44. The maximum Gasteiger partial charge on any atom is 0.251 e. The van der Waals surface area contributed by atoms with Crippen molar-refractivity contribution in [2.45, 2.75) is 46.2 Å². The van der Waals surface area contributed by atoms with E-state index in [4.69, 9.17) is 0 Å². The van der Waals surface area contributed by atoms with Crippen molar-refractivity contribution < 1.29 is 0 Å². The van der Waals surface area contributed by atoms with E-state index in [9.17, 15) is 4.79 Å². The Balaban J connectivity index is 2.75. The standard InChI is InChI=1S/C11H19N3O/c1-4-5-9-6-11(15)14-10(13-9)7-12-8(2)3/h6,8,12H,4-5,7H2,1-3H3,(H,13,14,15). The van der Waals surface area contributed by atoms with Crippen molar-refractivity contribution in [2.75, 3.05) is 0 Å². The minimum absolute atomic E-state index is 0.0611. The zero-order chi connectivity index (χ0) is 11.3. The van der Waals surface area contributed by atoms with Crippen LogP contribution in [0.2, 0.25) is 0 Å². The van der Waals surface area contributed by atoms with Crippen molar-refractivity contribution >= 4 is 0 Å². The Kier molecular flexibility index (Phi) is 4.49. The van der Waals surface area contributed by atoms with Gasteiger partial charge in [-0.3, -0.25) is 4.79 Å². The molecule has 0 aliphatic rings. The van der Waals surface area contributed by atoms with Gasteiger partial charge in [0.25, 0.3) is 5.56 Å². The number of aromatic amines is 1. The highest BCUT2D eigenvalue weighted by atomic mass is 16.1. The lowest BCUT2D eigenvalue weighted by Crippen LogP contribution is -2.25. The molecule has 1 heterocycles. The SMILES string of the molecule is CCCc1cc(=O)[nH]c(CNC(C)C)n1. The van der Waals surface area contributed by atoms with Gasteiger partial charge in [-0.05, 0) is 6.42 Å². The molecule has 2 N–H and O–H groups in total. The summed E-state index contributed by atoms with van der Waals surface area (Å²) in [5.41, 5.74) is 0.816. The van der Waals surface area contributed by atoms with Gasteiger partial charge in [-0.15, -0.1) is 0 Å². The lowest BCUT2D eigenvalue weighted by molar-refractivity contribution is 0.569. The molecule has 0 aromatic carbocycles. The predicted octanol–water partition coefficient (Wildman–Crippen LogP) is 1.22. The van der Waals surface area contributed by atoms with Crippen LogP contribution in [-0.4, -0.2) is 16.0 Å². The van der Waals surface area contributed by atoms with E-state index < -0.39 is 0 Å². The summed E-state index contributed by atoms with van der Waals surface area (Å²) >= 11 is 0. The van der Waals surface area contributed by atoms with E-state index in [0.717, 1.165) is 24.4 Å². The van der Waals surface area contributed by atoms with E-state index in [-0.39, 0.29) is 5.56 Å². The maximum absolute atomic E-state index is 11.3. The van der Waals surface area contributed by atoms with Crippen molar-refractivity contribution in [3.63, 3.8) is 0 Å². The summed E-state index contributed by atoms with van der Waals surface area (Å²) in [6.45, 7) is 6.82. The van der Waals surface area contributed by atoms with E-state index in [1.165, 1.54) is 0 Å². The van der Waals surface area contributed by atoms with E-state index in [1.54, 1.807) is 6.07 Å². The van der Waals surface area contributed by atoms with Crippen molar-refractivity contribution in [3.05, 3.63) is 27.9 Å². The van der Waals surface area contributed by atoms with Gasteiger partial charge in [-0.25, -0.2) is 4.98 Å². The van der Waals surface area contributed by atoms with Crippen LogP contribution in [0.5, 0.6) is 0 Å². The molecule has 0 radical (unpaired) electrons. The quantitative estimate of drug-likeness (QED) is 0.766. The topological polar surface area (TPSA) is 57.8 Å². The second-order valence-corrected chi connectivity index (χ2v) is 3.97. The molecule has 1 aromatic heterocycles. The van der Waals surface area contributed by atoms with Crippen LogP contribution in [0.4, 0.5) is 0 Å². The Morgan fingerprint density at radius 2 is 2.27 bits per heavy atom. The third kappa shape index (κ3) is 4.25. The van der Waals surface area contributed by atoms with Crippen molar-refractivity contribution in [2.24, 2.45) is 0 Å². The van der Waals surface area contributed by atoms with Gasteiger partial charge in [0, 0.05) is 17.8 Å². The van der Waals surface area contributed by atoms with Gasteiger partial charge >= 0.3 is 0 Å². The number of hydrogen-bond acceptors (Lipinski definition) is 3. The Labute approximate surface area is 90.1 Å². The van der Waals surface area contributed by atoms with Gasteiger partial charge in [0.2, 0.25) is 0 Å². The highest BCUT2D eigenvalue weighted by Gasteiger charge is 2.01. The first kappa shape index (κ1) is 11.9. The average molecular weight is 209 g/mol. The fraction of sp³-hybridized carbons (Fsp3) is 0.636. The zero-order valence-corrected chi connectivity index (χ0v) is 9.63. The summed E-state index contributed by atoms with van der Waals surface area (Å²) in [7, 11) is 0. The lowest BCUT2D eigenvalue weighted by Gasteiger charge is -2.08. The molecular formula is C11H19N3O. The number of H-pyrrole nitrogens is 1. The summed E-state index contributed by atoms with van der Waals surface area (Å²) in [6.07, 6.45) is 1.87. The van der Waals surface area contributed by atoms with Gasteiger partial charge in [0.05, 0.1) is 6.54 Å². The van der Waals surface area contributed by atoms with Crippen molar-refractivity contribution in [1.82, 2.24) is 15.3 Å². The Bertz CT molecular complexity index is 357. The van der Waals surface area contributed by atoms with Crippen LogP contribution in [0, 0.1) is 0 Å². The fourth-order valence-corrected chi connectivity index (χ4v) is 1.33. The molecule has 0 saturated heterocycles. The molecule has 0 aliphatic heterocycles. The van der Waals surface area contributed by atoms with Gasteiger partial charge in [-0.1, -0.05) is 27.2 Å². The van der Waals surface area contributed by atoms with Gasteiger partial charge in [0.15, 0.2) is 0 Å². The molecule has 0 spiro atoms.